The van der Waals surface area contributed by atoms with Crippen LogP contribution in [-0.2, 0) is 0 Å². The molecular formula is C27H29FN8O. The number of benzene rings is 1. The van der Waals surface area contributed by atoms with Crippen LogP contribution in [0.4, 0.5) is 16.2 Å². The molecule has 10 heteroatoms. The summed E-state index contributed by atoms with van der Waals surface area (Å²) in [6.07, 6.45) is 8.49. The van der Waals surface area contributed by atoms with Gasteiger partial charge >= 0.3 is 0 Å². The molecule has 1 fully saturated rings. The van der Waals surface area contributed by atoms with Gasteiger partial charge in [0.25, 0.3) is 5.91 Å². The Labute approximate surface area is 214 Å². The number of pyridine rings is 1. The lowest BCUT2D eigenvalue weighted by atomic mass is 9.87. The van der Waals surface area contributed by atoms with Crippen LogP contribution in [-0.4, -0.2) is 50.5 Å². The first-order chi connectivity index (χ1) is 17.9. The van der Waals surface area contributed by atoms with Gasteiger partial charge in [-0.25, -0.2) is 24.3 Å². The second-order valence-corrected chi connectivity index (χ2v) is 9.45. The number of hydrogen-bond acceptors (Lipinski definition) is 8. The van der Waals surface area contributed by atoms with Crippen molar-refractivity contribution in [1.82, 2.24) is 30.2 Å². The normalized spacial score (nSPS) is 14.7. The van der Waals surface area contributed by atoms with Crippen LogP contribution in [0.25, 0.3) is 22.2 Å². The van der Waals surface area contributed by atoms with E-state index in [4.69, 9.17) is 0 Å². The second kappa shape index (κ2) is 10.4. The van der Waals surface area contributed by atoms with Crippen molar-refractivity contribution < 1.29 is 9.18 Å². The van der Waals surface area contributed by atoms with E-state index in [1.54, 1.807) is 18.5 Å². The zero-order valence-corrected chi connectivity index (χ0v) is 21.0. The average molecular weight is 501 g/mol. The van der Waals surface area contributed by atoms with E-state index in [9.17, 15) is 9.18 Å². The van der Waals surface area contributed by atoms with Crippen molar-refractivity contribution in [3.63, 3.8) is 0 Å². The second-order valence-electron chi connectivity index (χ2n) is 9.45. The van der Waals surface area contributed by atoms with E-state index >= 15 is 0 Å². The fourth-order valence-electron chi connectivity index (χ4n) is 4.25. The minimum absolute atomic E-state index is 0.0150. The highest BCUT2D eigenvalue weighted by atomic mass is 19.1. The summed E-state index contributed by atoms with van der Waals surface area (Å²) in [6.45, 7) is 4.87. The van der Waals surface area contributed by atoms with Crippen molar-refractivity contribution in [2.45, 2.75) is 38.6 Å². The maximum Gasteiger partial charge on any atom is 0.254 e. The summed E-state index contributed by atoms with van der Waals surface area (Å²) in [5.74, 6) is 0.482. The summed E-state index contributed by atoms with van der Waals surface area (Å²) in [5.41, 5.74) is 3.15. The smallest absolute Gasteiger partial charge is 0.254 e. The molecule has 1 aliphatic rings. The van der Waals surface area contributed by atoms with Crippen LogP contribution in [0.2, 0.25) is 0 Å². The Morgan fingerprint density at radius 3 is 2.59 bits per heavy atom. The molecule has 4 aromatic rings. The van der Waals surface area contributed by atoms with E-state index in [0.717, 1.165) is 35.9 Å². The number of carbonyl (C=O) groups excluding carboxylic acids is 1. The van der Waals surface area contributed by atoms with Crippen LogP contribution >= 0.6 is 0 Å². The number of para-hydroxylation sites is 1. The summed E-state index contributed by atoms with van der Waals surface area (Å²) in [5, 5.41) is 9.69. The predicted octanol–water partition coefficient (Wildman–Crippen LogP) is 4.41. The number of anilines is 2. The fourth-order valence-corrected chi connectivity index (χ4v) is 4.25. The first-order valence-corrected chi connectivity index (χ1v) is 12.4. The molecule has 5 rings (SSSR count). The molecule has 1 aliphatic carbocycles. The molecule has 3 aromatic heterocycles. The number of carbonyl (C=O) groups is 1. The lowest BCUT2D eigenvalue weighted by Gasteiger charge is -2.22. The third-order valence-corrected chi connectivity index (χ3v) is 6.81. The molecule has 2 atom stereocenters. The third-order valence-electron chi connectivity index (χ3n) is 6.81. The van der Waals surface area contributed by atoms with Crippen molar-refractivity contribution >= 4 is 28.6 Å². The molecule has 1 saturated carbocycles. The van der Waals surface area contributed by atoms with Gasteiger partial charge in [0.15, 0.2) is 5.82 Å². The van der Waals surface area contributed by atoms with Gasteiger partial charge in [-0.15, -0.1) is 0 Å². The predicted molar refractivity (Wildman–Crippen MR) is 141 cm³/mol. The number of nitrogens with one attached hydrogen (secondary N) is 3. The molecule has 0 radical (unpaired) electrons. The van der Waals surface area contributed by atoms with Crippen LogP contribution in [0.3, 0.4) is 0 Å². The first-order valence-electron chi connectivity index (χ1n) is 12.4. The van der Waals surface area contributed by atoms with Gasteiger partial charge in [0.1, 0.15) is 12.1 Å². The number of rotatable bonds is 9. The maximum absolute atomic E-state index is 14.4. The molecule has 1 amide bonds. The Morgan fingerprint density at radius 2 is 1.86 bits per heavy atom. The summed E-state index contributed by atoms with van der Waals surface area (Å²) in [6, 6.07) is 7.92. The van der Waals surface area contributed by atoms with Crippen molar-refractivity contribution in [2.75, 3.05) is 24.2 Å². The van der Waals surface area contributed by atoms with Crippen LogP contribution in [0, 0.1) is 11.7 Å². The Morgan fingerprint density at radius 1 is 1.08 bits per heavy atom. The van der Waals surface area contributed by atoms with E-state index in [-0.39, 0.29) is 17.4 Å². The molecule has 0 saturated heterocycles. The first kappa shape index (κ1) is 24.5. The Bertz CT molecular complexity index is 1420. The lowest BCUT2D eigenvalue weighted by Crippen LogP contribution is -2.21. The number of aromatic nitrogens is 5. The Kier molecular flexibility index (Phi) is 6.89. The zero-order chi connectivity index (χ0) is 25.9. The summed E-state index contributed by atoms with van der Waals surface area (Å²) >= 11 is 0. The molecule has 3 N–H and O–H groups in total. The molecule has 37 heavy (non-hydrogen) atoms. The van der Waals surface area contributed by atoms with Gasteiger partial charge in [-0.1, -0.05) is 32.0 Å². The van der Waals surface area contributed by atoms with Crippen molar-refractivity contribution in [3.8, 4) is 11.3 Å². The largest absolute Gasteiger partial charge is 0.370 e. The molecule has 0 spiro atoms. The Hall–Kier alpha value is -4.21. The summed E-state index contributed by atoms with van der Waals surface area (Å²) < 4.78 is 14.4. The molecule has 1 unspecified atom stereocenters. The topological polar surface area (TPSA) is 118 Å². The van der Waals surface area contributed by atoms with Gasteiger partial charge in [-0.3, -0.25) is 9.78 Å². The standard InChI is InChI=1S/C27H29FN8O/c1-15(16(2)19-5-4-6-20-24(26(37)29-3)21(28)13-31-25(19)20)10-30-23-9-22(34-14-35-23)17-11-32-27(33-12-17)36-18-7-8-18/h4-6,9,11-16,18H,7-8,10H2,1-3H3,(H,29,37)(H,30,34,35)(H,32,33,36)/t15-,16?/m1/s1. The molecule has 0 bridgehead atoms. The minimum atomic E-state index is -0.634. The van der Waals surface area contributed by atoms with Gasteiger partial charge in [0, 0.05) is 49.0 Å². The quantitative estimate of drug-likeness (QED) is 0.309. The highest BCUT2D eigenvalue weighted by Crippen LogP contribution is 2.32. The number of hydrogen-bond donors (Lipinski definition) is 3. The molecule has 0 aliphatic heterocycles. The highest BCUT2D eigenvalue weighted by molar-refractivity contribution is 6.06. The van der Waals surface area contributed by atoms with Gasteiger partial charge in [0.2, 0.25) is 5.95 Å². The SMILES string of the molecule is CNC(=O)c1c(F)cnc2c(C(C)[C@H](C)CNc3cc(-c4cnc(NC5CC5)nc4)ncn3)cccc12. The number of halogens is 1. The highest BCUT2D eigenvalue weighted by Gasteiger charge is 2.23. The van der Waals surface area contributed by atoms with Crippen molar-refractivity contribution in [1.29, 1.82) is 0 Å². The number of fused-ring (bicyclic) bond motifs is 1. The molecule has 3 heterocycles. The van der Waals surface area contributed by atoms with Gasteiger partial charge in [-0.2, -0.15) is 0 Å². The summed E-state index contributed by atoms with van der Waals surface area (Å²) in [7, 11) is 1.49. The van der Waals surface area contributed by atoms with E-state index in [1.165, 1.54) is 13.4 Å². The molecular weight excluding hydrogens is 471 g/mol. The minimum Gasteiger partial charge on any atom is -0.370 e. The van der Waals surface area contributed by atoms with E-state index < -0.39 is 11.7 Å². The van der Waals surface area contributed by atoms with E-state index in [2.05, 4.69) is 54.7 Å². The molecule has 1 aromatic carbocycles. The average Bonchev–Trinajstić information content (AvgIpc) is 3.75. The fraction of sp³-hybridized carbons (Fsp3) is 0.333. The molecule has 9 nitrogen and oxygen atoms in total. The Balaban J connectivity index is 1.29. The monoisotopic (exact) mass is 500 g/mol. The van der Waals surface area contributed by atoms with Crippen molar-refractivity contribution in [2.24, 2.45) is 5.92 Å². The van der Waals surface area contributed by atoms with Gasteiger partial charge in [0.05, 0.1) is 23.0 Å². The zero-order valence-electron chi connectivity index (χ0n) is 21.0. The van der Waals surface area contributed by atoms with Crippen LogP contribution in [0.15, 0.2) is 49.2 Å². The lowest BCUT2D eigenvalue weighted by molar-refractivity contribution is 0.0960. The van der Waals surface area contributed by atoms with Crippen LogP contribution in [0.1, 0.15) is 48.5 Å². The van der Waals surface area contributed by atoms with E-state index in [0.29, 0.717) is 35.3 Å². The van der Waals surface area contributed by atoms with Crippen LogP contribution in [0.5, 0.6) is 0 Å². The van der Waals surface area contributed by atoms with E-state index in [1.807, 2.05) is 18.2 Å². The summed E-state index contributed by atoms with van der Waals surface area (Å²) in [4.78, 5) is 34.2. The third kappa shape index (κ3) is 5.32. The van der Waals surface area contributed by atoms with Crippen molar-refractivity contribution in [3.05, 3.63) is 66.1 Å². The van der Waals surface area contributed by atoms with Gasteiger partial charge in [-0.05, 0) is 30.2 Å². The van der Waals surface area contributed by atoms with Gasteiger partial charge < -0.3 is 16.0 Å². The number of nitrogens with zero attached hydrogens (tertiary/aromatic N) is 5. The number of amides is 1. The maximum atomic E-state index is 14.4. The van der Waals surface area contributed by atoms with Crippen LogP contribution < -0.4 is 16.0 Å². The molecule has 190 valence electrons.